The molecular weight excluding hydrogens is 323 g/mol. The van der Waals surface area contributed by atoms with Gasteiger partial charge in [0.2, 0.25) is 0 Å². The summed E-state index contributed by atoms with van der Waals surface area (Å²) in [4.78, 5) is 11.9. The van der Waals surface area contributed by atoms with Gasteiger partial charge in [0.25, 0.3) is 5.91 Å². The van der Waals surface area contributed by atoms with E-state index in [1.54, 1.807) is 13.0 Å². The van der Waals surface area contributed by atoms with Gasteiger partial charge in [-0.3, -0.25) is 4.79 Å². The molecule has 0 saturated carbocycles. The predicted octanol–water partition coefficient (Wildman–Crippen LogP) is 3.37. The van der Waals surface area contributed by atoms with Gasteiger partial charge in [0.05, 0.1) is 12.8 Å². The van der Waals surface area contributed by atoms with Crippen LogP contribution >= 0.6 is 0 Å². The number of rotatable bonds is 6. The molecule has 0 atom stereocenters. The van der Waals surface area contributed by atoms with Crippen LogP contribution in [0.2, 0.25) is 0 Å². The normalized spacial score (nSPS) is 11.2. The van der Waals surface area contributed by atoms with Gasteiger partial charge in [-0.1, -0.05) is 6.07 Å². The number of nitrogens with zero attached hydrogens (tertiary/aromatic N) is 1. The predicted molar refractivity (Wildman–Crippen MR) is 94.7 cm³/mol. The van der Waals surface area contributed by atoms with Gasteiger partial charge in [0.15, 0.2) is 18.2 Å². The number of halogens is 1. The third-order valence-electron chi connectivity index (χ3n) is 3.48. The van der Waals surface area contributed by atoms with Crippen molar-refractivity contribution < 1.29 is 18.7 Å². The van der Waals surface area contributed by atoms with E-state index in [1.807, 2.05) is 32.0 Å². The number of hydrogen-bond acceptors (Lipinski definition) is 4. The van der Waals surface area contributed by atoms with Crippen molar-refractivity contribution in [1.82, 2.24) is 5.43 Å². The zero-order chi connectivity index (χ0) is 18.4. The molecule has 1 amide bonds. The van der Waals surface area contributed by atoms with Crippen LogP contribution in [0.1, 0.15) is 23.6 Å². The van der Waals surface area contributed by atoms with Crippen LogP contribution in [-0.4, -0.2) is 25.3 Å². The Balaban J connectivity index is 1.93. The lowest BCUT2D eigenvalue weighted by Crippen LogP contribution is -2.25. The second-order valence-electron chi connectivity index (χ2n) is 5.69. The fourth-order valence-corrected chi connectivity index (χ4v) is 2.30. The zero-order valence-electron chi connectivity index (χ0n) is 14.7. The first-order valence-corrected chi connectivity index (χ1v) is 7.77. The maximum Gasteiger partial charge on any atom is 0.277 e. The maximum atomic E-state index is 13.7. The summed E-state index contributed by atoms with van der Waals surface area (Å²) < 4.78 is 24.0. The van der Waals surface area contributed by atoms with Gasteiger partial charge in [0.1, 0.15) is 5.75 Å². The minimum absolute atomic E-state index is 0.155. The highest BCUT2D eigenvalue weighted by Crippen LogP contribution is 2.18. The molecule has 6 heteroatoms. The largest absolute Gasteiger partial charge is 0.494 e. The third kappa shape index (κ3) is 5.31. The summed E-state index contributed by atoms with van der Waals surface area (Å²) in [6, 6.07) is 10.2. The Kier molecular flexibility index (Phi) is 6.11. The molecule has 25 heavy (non-hydrogen) atoms. The van der Waals surface area contributed by atoms with Crippen LogP contribution in [0.4, 0.5) is 4.39 Å². The second-order valence-corrected chi connectivity index (χ2v) is 5.69. The molecule has 0 radical (unpaired) electrons. The third-order valence-corrected chi connectivity index (χ3v) is 3.48. The van der Waals surface area contributed by atoms with E-state index in [4.69, 9.17) is 9.47 Å². The number of aryl methyl sites for hydroxylation is 2. The minimum atomic E-state index is -0.487. The summed E-state index contributed by atoms with van der Waals surface area (Å²) in [5.41, 5.74) is 5.54. The first kappa shape index (κ1) is 18.4. The summed E-state index contributed by atoms with van der Waals surface area (Å²) in [7, 11) is 1.40. The monoisotopic (exact) mass is 344 g/mol. The lowest BCUT2D eigenvalue weighted by Gasteiger charge is -2.08. The molecule has 0 unspecified atom stereocenters. The molecule has 0 bridgehead atoms. The molecule has 5 nitrogen and oxygen atoms in total. The van der Waals surface area contributed by atoms with Crippen molar-refractivity contribution in [2.45, 2.75) is 20.8 Å². The van der Waals surface area contributed by atoms with Gasteiger partial charge in [-0.05, 0) is 62.2 Å². The van der Waals surface area contributed by atoms with Crippen LogP contribution in [0, 0.1) is 19.7 Å². The Morgan fingerprint density at radius 1 is 1.16 bits per heavy atom. The molecule has 1 N–H and O–H groups in total. The highest BCUT2D eigenvalue weighted by molar-refractivity contribution is 5.99. The Bertz CT molecular complexity index is 783. The van der Waals surface area contributed by atoms with E-state index in [1.165, 1.54) is 19.2 Å². The number of carbonyl (C=O) groups excluding carboxylic acids is 1. The van der Waals surface area contributed by atoms with Crippen molar-refractivity contribution in [2.75, 3.05) is 13.7 Å². The van der Waals surface area contributed by atoms with Crippen LogP contribution < -0.4 is 14.9 Å². The maximum absolute atomic E-state index is 13.7. The van der Waals surface area contributed by atoms with E-state index < -0.39 is 11.7 Å². The molecule has 0 aromatic heterocycles. The van der Waals surface area contributed by atoms with E-state index in [9.17, 15) is 9.18 Å². The molecule has 132 valence electrons. The second kappa shape index (κ2) is 8.28. The van der Waals surface area contributed by atoms with Crippen molar-refractivity contribution in [3.8, 4) is 11.5 Å². The SMILES string of the molecule is COc1ccc(/C(C)=N\NC(=O)COc2cc(C)cc(C)c2)cc1F. The van der Waals surface area contributed by atoms with Gasteiger partial charge in [-0.2, -0.15) is 5.10 Å². The quantitative estimate of drug-likeness (QED) is 0.646. The number of methoxy groups -OCH3 is 1. The van der Waals surface area contributed by atoms with Crippen molar-refractivity contribution in [3.63, 3.8) is 0 Å². The molecule has 0 fully saturated rings. The fourth-order valence-electron chi connectivity index (χ4n) is 2.30. The Labute approximate surface area is 146 Å². The van der Waals surface area contributed by atoms with E-state index in [2.05, 4.69) is 10.5 Å². The molecule has 0 aliphatic carbocycles. The van der Waals surface area contributed by atoms with Crippen molar-refractivity contribution in [1.29, 1.82) is 0 Å². The number of hydrogen-bond donors (Lipinski definition) is 1. The zero-order valence-corrected chi connectivity index (χ0v) is 14.7. The lowest BCUT2D eigenvalue weighted by atomic mass is 10.1. The number of carbonyl (C=O) groups is 1. The molecule has 0 spiro atoms. The number of ether oxygens (including phenoxy) is 2. The van der Waals surface area contributed by atoms with E-state index in [0.717, 1.165) is 11.1 Å². The number of nitrogens with one attached hydrogen (secondary N) is 1. The van der Waals surface area contributed by atoms with Crippen molar-refractivity contribution >= 4 is 11.6 Å². The van der Waals surface area contributed by atoms with Crippen LogP contribution in [0.5, 0.6) is 11.5 Å². The molecule has 2 aromatic carbocycles. The summed E-state index contributed by atoms with van der Waals surface area (Å²) >= 11 is 0. The first-order chi connectivity index (χ1) is 11.9. The summed E-state index contributed by atoms with van der Waals surface area (Å²) in [5.74, 6) is -0.0977. The van der Waals surface area contributed by atoms with Crippen molar-refractivity contribution in [2.24, 2.45) is 5.10 Å². The summed E-state index contributed by atoms with van der Waals surface area (Å²) in [6.07, 6.45) is 0. The van der Waals surface area contributed by atoms with Crippen molar-refractivity contribution in [3.05, 3.63) is 58.9 Å². The highest BCUT2D eigenvalue weighted by atomic mass is 19.1. The average Bonchev–Trinajstić information content (AvgIpc) is 2.57. The molecule has 0 aliphatic heterocycles. The molecular formula is C19H21FN2O3. The van der Waals surface area contributed by atoms with Gasteiger partial charge in [-0.25, -0.2) is 9.82 Å². The Hall–Kier alpha value is -2.89. The number of benzene rings is 2. The summed E-state index contributed by atoms with van der Waals surface area (Å²) in [5, 5.41) is 3.97. The summed E-state index contributed by atoms with van der Waals surface area (Å²) in [6.45, 7) is 5.44. The Morgan fingerprint density at radius 2 is 1.84 bits per heavy atom. The minimum Gasteiger partial charge on any atom is -0.494 e. The smallest absolute Gasteiger partial charge is 0.277 e. The van der Waals surface area contributed by atoms with Gasteiger partial charge in [0, 0.05) is 5.56 Å². The average molecular weight is 344 g/mol. The topological polar surface area (TPSA) is 59.9 Å². The molecule has 0 aliphatic rings. The first-order valence-electron chi connectivity index (χ1n) is 7.77. The van der Waals surface area contributed by atoms with Crippen LogP contribution in [0.3, 0.4) is 0 Å². The fraction of sp³-hybridized carbons (Fsp3) is 0.263. The van der Waals surface area contributed by atoms with E-state index in [0.29, 0.717) is 17.0 Å². The number of amides is 1. The van der Waals surface area contributed by atoms with E-state index >= 15 is 0 Å². The molecule has 2 aromatic rings. The van der Waals surface area contributed by atoms with Crippen LogP contribution in [-0.2, 0) is 4.79 Å². The molecule has 0 saturated heterocycles. The van der Waals surface area contributed by atoms with Gasteiger partial charge >= 0.3 is 0 Å². The molecule has 2 rings (SSSR count). The number of hydrazone groups is 1. The van der Waals surface area contributed by atoms with Crippen LogP contribution in [0.25, 0.3) is 0 Å². The Morgan fingerprint density at radius 3 is 2.44 bits per heavy atom. The van der Waals surface area contributed by atoms with E-state index in [-0.39, 0.29) is 12.4 Å². The standard InChI is InChI=1S/C19H21FN2O3/c1-12-7-13(2)9-16(8-12)25-11-19(23)22-21-14(3)15-5-6-18(24-4)17(20)10-15/h5-10H,11H2,1-4H3,(H,22,23)/b21-14-. The van der Waals surface area contributed by atoms with Gasteiger partial charge in [-0.15, -0.1) is 0 Å². The molecule has 0 heterocycles. The lowest BCUT2D eigenvalue weighted by molar-refractivity contribution is -0.123. The van der Waals surface area contributed by atoms with Gasteiger partial charge < -0.3 is 9.47 Å². The highest BCUT2D eigenvalue weighted by Gasteiger charge is 2.07. The van der Waals surface area contributed by atoms with Crippen LogP contribution in [0.15, 0.2) is 41.5 Å².